The molecule has 3 heteroatoms. The van der Waals surface area contributed by atoms with Crippen LogP contribution in [-0.2, 0) is 6.42 Å². The van der Waals surface area contributed by atoms with Crippen molar-refractivity contribution in [3.63, 3.8) is 0 Å². The van der Waals surface area contributed by atoms with E-state index < -0.39 is 0 Å². The smallest absolute Gasteiger partial charge is 0.108 e. The fourth-order valence-corrected chi connectivity index (χ4v) is 3.12. The van der Waals surface area contributed by atoms with Crippen LogP contribution < -0.4 is 0 Å². The van der Waals surface area contributed by atoms with E-state index in [1.807, 2.05) is 6.20 Å². The van der Waals surface area contributed by atoms with E-state index in [4.69, 9.17) is 0 Å². The van der Waals surface area contributed by atoms with Gasteiger partial charge in [0, 0.05) is 18.8 Å². The minimum Gasteiger partial charge on any atom is -0.331 e. The number of aromatic nitrogens is 2. The summed E-state index contributed by atoms with van der Waals surface area (Å²) in [6, 6.07) is 2.85. The summed E-state index contributed by atoms with van der Waals surface area (Å²) in [5, 5.41) is 9.36. The molecular weight excluding hydrogens is 222 g/mol. The molecule has 2 rings (SSSR count). The summed E-state index contributed by atoms with van der Waals surface area (Å²) in [6.45, 7) is 4.44. The topological polar surface area (TPSA) is 41.6 Å². The Labute approximate surface area is 110 Å². The molecule has 1 aliphatic rings. The highest BCUT2D eigenvalue weighted by atomic mass is 15.1. The second kappa shape index (κ2) is 6.04. The quantitative estimate of drug-likeness (QED) is 0.811. The molecule has 1 aromatic rings. The van der Waals surface area contributed by atoms with Gasteiger partial charge in [-0.3, -0.25) is 0 Å². The Hall–Kier alpha value is -1.30. The molecule has 1 saturated carbocycles. The first kappa shape index (κ1) is 13.1. The largest absolute Gasteiger partial charge is 0.331 e. The van der Waals surface area contributed by atoms with E-state index in [0.717, 1.165) is 37.4 Å². The number of rotatable bonds is 4. The van der Waals surface area contributed by atoms with Gasteiger partial charge in [0.2, 0.25) is 0 Å². The predicted octanol–water partition coefficient (Wildman–Crippen LogP) is 3.73. The van der Waals surface area contributed by atoms with Crippen LogP contribution in [0.1, 0.15) is 57.8 Å². The van der Waals surface area contributed by atoms with Crippen LogP contribution in [0.5, 0.6) is 0 Å². The molecular formula is C15H23N3. The van der Waals surface area contributed by atoms with E-state index in [-0.39, 0.29) is 5.92 Å². The van der Waals surface area contributed by atoms with Crippen molar-refractivity contribution < 1.29 is 0 Å². The van der Waals surface area contributed by atoms with Gasteiger partial charge in [-0.2, -0.15) is 5.26 Å². The van der Waals surface area contributed by atoms with Gasteiger partial charge in [0.1, 0.15) is 5.82 Å². The average molecular weight is 245 g/mol. The maximum atomic E-state index is 9.36. The first-order chi connectivity index (χ1) is 8.80. The average Bonchev–Trinajstić information content (AvgIpc) is 2.86. The number of imidazole rings is 1. The third kappa shape index (κ3) is 2.58. The van der Waals surface area contributed by atoms with Crippen LogP contribution in [0.3, 0.4) is 0 Å². The first-order valence-corrected chi connectivity index (χ1v) is 7.21. The zero-order chi connectivity index (χ0) is 13.0. The maximum absolute atomic E-state index is 9.36. The number of nitrogens with zero attached hydrogens (tertiary/aromatic N) is 3. The summed E-state index contributed by atoms with van der Waals surface area (Å²) in [5.74, 6) is 2.09. The SMILES string of the molecule is CCCc1nccn1C1CC(CC)CCC1C#N. The minimum absolute atomic E-state index is 0.164. The van der Waals surface area contributed by atoms with E-state index in [2.05, 4.69) is 35.7 Å². The Morgan fingerprint density at radius 3 is 2.94 bits per heavy atom. The van der Waals surface area contributed by atoms with Crippen molar-refractivity contribution in [1.82, 2.24) is 9.55 Å². The van der Waals surface area contributed by atoms with Crippen molar-refractivity contribution >= 4 is 0 Å². The molecule has 0 bridgehead atoms. The molecule has 1 aliphatic carbocycles. The van der Waals surface area contributed by atoms with Crippen molar-refractivity contribution in [2.24, 2.45) is 11.8 Å². The van der Waals surface area contributed by atoms with Crippen LogP contribution in [0.15, 0.2) is 12.4 Å². The Morgan fingerprint density at radius 1 is 1.44 bits per heavy atom. The molecule has 0 aromatic carbocycles. The summed E-state index contributed by atoms with van der Waals surface area (Å²) in [6.07, 6.45) is 10.7. The normalized spacial score (nSPS) is 27.9. The van der Waals surface area contributed by atoms with E-state index in [1.54, 1.807) is 0 Å². The van der Waals surface area contributed by atoms with Crippen LogP contribution in [0.2, 0.25) is 0 Å². The van der Waals surface area contributed by atoms with Gasteiger partial charge in [0.25, 0.3) is 0 Å². The lowest BCUT2D eigenvalue weighted by Crippen LogP contribution is -2.27. The van der Waals surface area contributed by atoms with Gasteiger partial charge in [-0.05, 0) is 31.6 Å². The van der Waals surface area contributed by atoms with Gasteiger partial charge in [-0.15, -0.1) is 0 Å². The van der Waals surface area contributed by atoms with Crippen LogP contribution in [-0.4, -0.2) is 9.55 Å². The fourth-order valence-electron chi connectivity index (χ4n) is 3.12. The predicted molar refractivity (Wildman–Crippen MR) is 72.0 cm³/mol. The number of nitriles is 1. The van der Waals surface area contributed by atoms with Gasteiger partial charge >= 0.3 is 0 Å². The summed E-state index contributed by atoms with van der Waals surface area (Å²) in [4.78, 5) is 4.45. The fraction of sp³-hybridized carbons (Fsp3) is 0.733. The van der Waals surface area contributed by atoms with Crippen LogP contribution in [0, 0.1) is 23.2 Å². The zero-order valence-corrected chi connectivity index (χ0v) is 11.5. The Bertz CT molecular complexity index is 416. The van der Waals surface area contributed by atoms with E-state index >= 15 is 0 Å². The second-order valence-corrected chi connectivity index (χ2v) is 5.39. The molecule has 1 fully saturated rings. The lowest BCUT2D eigenvalue weighted by molar-refractivity contribution is 0.213. The van der Waals surface area contributed by atoms with Crippen LogP contribution in [0.4, 0.5) is 0 Å². The molecule has 3 atom stereocenters. The molecule has 1 aromatic heterocycles. The highest BCUT2D eigenvalue weighted by Gasteiger charge is 2.31. The molecule has 0 N–H and O–H groups in total. The van der Waals surface area contributed by atoms with E-state index in [9.17, 15) is 5.26 Å². The molecule has 98 valence electrons. The van der Waals surface area contributed by atoms with E-state index in [0.29, 0.717) is 6.04 Å². The van der Waals surface area contributed by atoms with Crippen molar-refractivity contribution in [2.45, 2.75) is 58.4 Å². The van der Waals surface area contributed by atoms with Gasteiger partial charge < -0.3 is 4.57 Å². The standard InChI is InChI=1S/C15H23N3/c1-3-5-15-17-8-9-18(15)14-10-12(4-2)6-7-13(14)11-16/h8-9,12-14H,3-7,10H2,1-2H3. The van der Waals surface area contributed by atoms with Gasteiger partial charge in [0.15, 0.2) is 0 Å². The summed E-state index contributed by atoms with van der Waals surface area (Å²) in [5.41, 5.74) is 0. The second-order valence-electron chi connectivity index (χ2n) is 5.39. The van der Waals surface area contributed by atoms with Crippen molar-refractivity contribution in [3.8, 4) is 6.07 Å². The van der Waals surface area contributed by atoms with Crippen molar-refractivity contribution in [3.05, 3.63) is 18.2 Å². The summed E-state index contributed by atoms with van der Waals surface area (Å²) < 4.78 is 2.28. The van der Waals surface area contributed by atoms with Crippen molar-refractivity contribution in [1.29, 1.82) is 5.26 Å². The van der Waals surface area contributed by atoms with Gasteiger partial charge in [0.05, 0.1) is 18.0 Å². The van der Waals surface area contributed by atoms with Gasteiger partial charge in [-0.25, -0.2) is 4.98 Å². The summed E-state index contributed by atoms with van der Waals surface area (Å²) in [7, 11) is 0. The molecule has 18 heavy (non-hydrogen) atoms. The molecule has 0 amide bonds. The van der Waals surface area contributed by atoms with E-state index in [1.165, 1.54) is 12.8 Å². The maximum Gasteiger partial charge on any atom is 0.108 e. The lowest BCUT2D eigenvalue weighted by atomic mass is 9.77. The summed E-state index contributed by atoms with van der Waals surface area (Å²) >= 11 is 0. The molecule has 3 unspecified atom stereocenters. The molecule has 0 saturated heterocycles. The third-order valence-corrected chi connectivity index (χ3v) is 4.25. The number of hydrogen-bond donors (Lipinski definition) is 0. The Balaban J connectivity index is 2.21. The highest BCUT2D eigenvalue weighted by molar-refractivity contribution is 5.03. The lowest BCUT2D eigenvalue weighted by Gasteiger charge is -2.34. The first-order valence-electron chi connectivity index (χ1n) is 7.21. The van der Waals surface area contributed by atoms with Crippen LogP contribution in [0.25, 0.3) is 0 Å². The molecule has 1 heterocycles. The molecule has 0 radical (unpaired) electrons. The zero-order valence-electron chi connectivity index (χ0n) is 11.5. The van der Waals surface area contributed by atoms with Crippen molar-refractivity contribution in [2.75, 3.05) is 0 Å². The van der Waals surface area contributed by atoms with Crippen LogP contribution >= 0.6 is 0 Å². The molecule has 0 spiro atoms. The number of aryl methyl sites for hydroxylation is 1. The molecule has 0 aliphatic heterocycles. The molecule has 3 nitrogen and oxygen atoms in total. The third-order valence-electron chi connectivity index (χ3n) is 4.25. The highest BCUT2D eigenvalue weighted by Crippen LogP contribution is 2.38. The Morgan fingerprint density at radius 2 is 2.28 bits per heavy atom. The number of hydrogen-bond acceptors (Lipinski definition) is 2. The van der Waals surface area contributed by atoms with Gasteiger partial charge in [-0.1, -0.05) is 20.3 Å². The monoisotopic (exact) mass is 245 g/mol. The minimum atomic E-state index is 0.164. The Kier molecular flexibility index (Phi) is 4.41.